The highest BCUT2D eigenvalue weighted by molar-refractivity contribution is 5.31. The Kier molecular flexibility index (Phi) is 0.513. The first-order valence-electron chi connectivity index (χ1n) is 4.46. The molecule has 0 aliphatic heterocycles. The van der Waals surface area contributed by atoms with Crippen LogP contribution in [-0.2, 0) is 4.74 Å². The fourth-order valence-electron chi connectivity index (χ4n) is 4.66. The highest BCUT2D eigenvalue weighted by Gasteiger charge is 2.84. The van der Waals surface area contributed by atoms with Gasteiger partial charge in [0.2, 0.25) is 0 Å². The molecule has 5 saturated carbocycles. The van der Waals surface area contributed by atoms with Crippen LogP contribution in [0.5, 0.6) is 0 Å². The molecule has 1 nitrogen and oxygen atoms in total. The van der Waals surface area contributed by atoms with Crippen LogP contribution in [0, 0.1) is 35.5 Å². The van der Waals surface area contributed by atoms with Crippen molar-refractivity contribution in [2.45, 2.75) is 12.5 Å². The van der Waals surface area contributed by atoms with Gasteiger partial charge in [-0.15, -0.1) is 0 Å². The lowest BCUT2D eigenvalue weighted by Gasteiger charge is -2.32. The molecule has 3 bridgehead atoms. The summed E-state index contributed by atoms with van der Waals surface area (Å²) in [5.74, 6) is 6.69. The van der Waals surface area contributed by atoms with Crippen molar-refractivity contribution in [2.24, 2.45) is 35.5 Å². The fourth-order valence-corrected chi connectivity index (χ4v) is 4.66. The molecular formula is C9H12O. The smallest absolute Gasteiger partial charge is 0.0636 e. The minimum Gasteiger partial charge on any atom is -0.381 e. The van der Waals surface area contributed by atoms with Crippen LogP contribution in [0.2, 0.25) is 0 Å². The standard InChI is InChI=1S/C9H12O/c1-10-9-4-2-3-5-6(4)8(5)7(3)9/h3-9H,2H2,1H3. The van der Waals surface area contributed by atoms with Gasteiger partial charge in [-0.3, -0.25) is 0 Å². The van der Waals surface area contributed by atoms with Crippen molar-refractivity contribution in [1.29, 1.82) is 0 Å². The van der Waals surface area contributed by atoms with Gasteiger partial charge in [0.15, 0.2) is 0 Å². The van der Waals surface area contributed by atoms with Gasteiger partial charge < -0.3 is 4.74 Å². The highest BCUT2D eigenvalue weighted by atomic mass is 16.5. The predicted molar refractivity (Wildman–Crippen MR) is 36.4 cm³/mol. The molecule has 5 aliphatic rings. The summed E-state index contributed by atoms with van der Waals surface area (Å²) in [6.45, 7) is 0. The molecule has 0 aromatic rings. The molecule has 0 aromatic heterocycles. The molecule has 0 spiro atoms. The minimum atomic E-state index is 0.699. The van der Waals surface area contributed by atoms with E-state index in [-0.39, 0.29) is 0 Å². The van der Waals surface area contributed by atoms with Gasteiger partial charge in [0.25, 0.3) is 0 Å². The molecular weight excluding hydrogens is 124 g/mol. The van der Waals surface area contributed by atoms with E-state index in [1.807, 2.05) is 7.11 Å². The van der Waals surface area contributed by atoms with Crippen LogP contribution < -0.4 is 0 Å². The highest BCUT2D eigenvalue weighted by Crippen LogP contribution is 2.85. The number of ether oxygens (including phenoxy) is 1. The molecule has 54 valence electrons. The molecule has 5 aliphatic carbocycles. The molecule has 0 saturated heterocycles. The van der Waals surface area contributed by atoms with Crippen LogP contribution in [0.15, 0.2) is 0 Å². The van der Waals surface area contributed by atoms with Crippen molar-refractivity contribution in [3.05, 3.63) is 0 Å². The average molecular weight is 136 g/mol. The van der Waals surface area contributed by atoms with Crippen LogP contribution in [0.3, 0.4) is 0 Å². The second-order valence-corrected chi connectivity index (χ2v) is 4.57. The molecule has 0 aromatic carbocycles. The quantitative estimate of drug-likeness (QED) is 0.525. The zero-order valence-electron chi connectivity index (χ0n) is 6.16. The maximum atomic E-state index is 5.52. The van der Waals surface area contributed by atoms with Crippen molar-refractivity contribution in [3.63, 3.8) is 0 Å². The summed E-state index contributed by atoms with van der Waals surface area (Å²) in [5, 5.41) is 0. The Morgan fingerprint density at radius 3 is 2.10 bits per heavy atom. The summed E-state index contributed by atoms with van der Waals surface area (Å²) >= 11 is 0. The number of rotatable bonds is 1. The van der Waals surface area contributed by atoms with E-state index >= 15 is 0 Å². The van der Waals surface area contributed by atoms with Gasteiger partial charge in [0, 0.05) is 7.11 Å². The van der Waals surface area contributed by atoms with E-state index in [2.05, 4.69) is 0 Å². The van der Waals surface area contributed by atoms with Crippen LogP contribution in [-0.4, -0.2) is 13.2 Å². The van der Waals surface area contributed by atoms with Crippen molar-refractivity contribution in [3.8, 4) is 0 Å². The molecule has 10 heavy (non-hydrogen) atoms. The Morgan fingerprint density at radius 1 is 1.00 bits per heavy atom. The summed E-state index contributed by atoms with van der Waals surface area (Å²) < 4.78 is 5.52. The molecule has 5 rings (SSSR count). The van der Waals surface area contributed by atoms with E-state index in [0.29, 0.717) is 6.10 Å². The van der Waals surface area contributed by atoms with E-state index in [0.717, 1.165) is 29.6 Å². The zero-order chi connectivity index (χ0) is 6.46. The third-order valence-electron chi connectivity index (χ3n) is 4.74. The van der Waals surface area contributed by atoms with Crippen LogP contribution >= 0.6 is 0 Å². The topological polar surface area (TPSA) is 9.23 Å². The summed E-state index contributed by atoms with van der Waals surface area (Å²) in [4.78, 5) is 0. The summed E-state index contributed by atoms with van der Waals surface area (Å²) in [7, 11) is 1.90. The van der Waals surface area contributed by atoms with E-state index in [9.17, 15) is 0 Å². The lowest BCUT2D eigenvalue weighted by atomic mass is 9.75. The molecule has 0 amide bonds. The summed E-state index contributed by atoms with van der Waals surface area (Å²) in [6, 6.07) is 0. The SMILES string of the molecule is COC1C2CC3C1C1C2C31. The monoisotopic (exact) mass is 136 g/mol. The maximum Gasteiger partial charge on any atom is 0.0636 e. The third-order valence-corrected chi connectivity index (χ3v) is 4.74. The summed E-state index contributed by atoms with van der Waals surface area (Å²) in [5.41, 5.74) is 0. The molecule has 7 unspecified atom stereocenters. The third kappa shape index (κ3) is 0.241. The first kappa shape index (κ1) is 4.76. The zero-order valence-corrected chi connectivity index (χ0v) is 6.16. The lowest BCUT2D eigenvalue weighted by molar-refractivity contribution is 0.00522. The number of hydrogen-bond acceptors (Lipinski definition) is 1. The van der Waals surface area contributed by atoms with Gasteiger partial charge in [-0.1, -0.05) is 0 Å². The molecule has 0 N–H and O–H groups in total. The minimum absolute atomic E-state index is 0.699. The second kappa shape index (κ2) is 1.08. The van der Waals surface area contributed by atoms with Gasteiger partial charge in [-0.2, -0.15) is 0 Å². The van der Waals surface area contributed by atoms with Gasteiger partial charge in [-0.25, -0.2) is 0 Å². The van der Waals surface area contributed by atoms with Crippen molar-refractivity contribution in [1.82, 2.24) is 0 Å². The molecule has 0 heterocycles. The maximum absolute atomic E-state index is 5.52. The molecule has 7 atom stereocenters. The van der Waals surface area contributed by atoms with E-state index in [1.165, 1.54) is 12.3 Å². The molecule has 1 heteroatoms. The summed E-state index contributed by atoms with van der Waals surface area (Å²) in [6.07, 6.45) is 2.22. The van der Waals surface area contributed by atoms with Crippen molar-refractivity contribution >= 4 is 0 Å². The number of methoxy groups -OCH3 is 1. The Hall–Kier alpha value is -0.0400. The Bertz CT molecular complexity index is 205. The first-order valence-corrected chi connectivity index (χ1v) is 4.46. The van der Waals surface area contributed by atoms with Crippen LogP contribution in [0.25, 0.3) is 0 Å². The Balaban J connectivity index is 1.84. The largest absolute Gasteiger partial charge is 0.381 e. The van der Waals surface area contributed by atoms with Gasteiger partial charge in [0.1, 0.15) is 0 Å². The van der Waals surface area contributed by atoms with Crippen molar-refractivity contribution in [2.75, 3.05) is 7.11 Å². The van der Waals surface area contributed by atoms with Crippen LogP contribution in [0.4, 0.5) is 0 Å². The Morgan fingerprint density at radius 2 is 1.80 bits per heavy atom. The normalized spacial score (nSPS) is 79.5. The van der Waals surface area contributed by atoms with Crippen molar-refractivity contribution < 1.29 is 4.74 Å². The lowest BCUT2D eigenvalue weighted by Crippen LogP contribution is -2.33. The Labute approximate surface area is 60.7 Å². The van der Waals surface area contributed by atoms with E-state index in [4.69, 9.17) is 4.74 Å². The average Bonchev–Trinajstić information content (AvgIpc) is 2.28. The van der Waals surface area contributed by atoms with Crippen LogP contribution in [0.1, 0.15) is 6.42 Å². The van der Waals surface area contributed by atoms with Gasteiger partial charge >= 0.3 is 0 Å². The van der Waals surface area contributed by atoms with E-state index < -0.39 is 0 Å². The van der Waals surface area contributed by atoms with Gasteiger partial charge in [0.05, 0.1) is 6.10 Å². The molecule has 0 radical (unpaired) electrons. The van der Waals surface area contributed by atoms with Gasteiger partial charge in [-0.05, 0) is 41.9 Å². The van der Waals surface area contributed by atoms with E-state index in [1.54, 1.807) is 0 Å². The number of hydrogen-bond donors (Lipinski definition) is 0. The second-order valence-electron chi connectivity index (χ2n) is 4.57. The first-order chi connectivity index (χ1) is 4.93. The fraction of sp³-hybridized carbons (Fsp3) is 1.00. The predicted octanol–water partition coefficient (Wildman–Crippen LogP) is 1.14. The molecule has 5 fully saturated rings.